The lowest BCUT2D eigenvalue weighted by Gasteiger charge is -2.32. The van der Waals surface area contributed by atoms with Crippen LogP contribution in [0.15, 0.2) is 65.8 Å². The molecule has 0 bridgehead atoms. The summed E-state index contributed by atoms with van der Waals surface area (Å²) in [6, 6.07) is 16.3. The van der Waals surface area contributed by atoms with Gasteiger partial charge in [0, 0.05) is 12.1 Å². The van der Waals surface area contributed by atoms with E-state index in [4.69, 9.17) is 0 Å². The van der Waals surface area contributed by atoms with Gasteiger partial charge in [0.2, 0.25) is 0 Å². The number of rotatable bonds is 8. The Hall–Kier alpha value is -2.79. The Bertz CT molecular complexity index is 779. The van der Waals surface area contributed by atoms with Crippen molar-refractivity contribution < 1.29 is 31.4 Å². The van der Waals surface area contributed by atoms with Crippen LogP contribution >= 0.6 is 0 Å². The second-order valence-corrected chi connectivity index (χ2v) is 6.03. The maximum atomic E-state index is 13.0. The van der Waals surface area contributed by atoms with Crippen LogP contribution in [0.1, 0.15) is 6.42 Å². The molecule has 0 fully saturated rings. The van der Waals surface area contributed by atoms with Gasteiger partial charge in [-0.15, -0.1) is 0 Å². The average molecular weight is 420 g/mol. The lowest BCUT2D eigenvalue weighted by Crippen LogP contribution is -2.58. The van der Waals surface area contributed by atoms with Crippen molar-refractivity contribution in [1.29, 1.82) is 0 Å². The van der Waals surface area contributed by atoms with Crippen LogP contribution in [-0.2, 0) is 0 Å². The maximum absolute atomic E-state index is 13.0. The third kappa shape index (κ3) is 6.09. The standard InChI is InChI=1S/C18H18F6N4O/c19-17(20,21)16(29,18(22,23)24)11-15(28-27-14-9-5-2-6-10-14)12-25-26-13-7-3-1-4-8-13/h1-10,25-27,29H,11-12H2. The first-order valence-corrected chi connectivity index (χ1v) is 8.29. The van der Waals surface area contributed by atoms with Crippen LogP contribution in [0.25, 0.3) is 0 Å². The van der Waals surface area contributed by atoms with E-state index in [9.17, 15) is 31.4 Å². The fourth-order valence-electron chi connectivity index (χ4n) is 2.22. The van der Waals surface area contributed by atoms with Crippen molar-refractivity contribution in [2.75, 3.05) is 17.4 Å². The summed E-state index contributed by atoms with van der Waals surface area (Å²) < 4.78 is 78.2. The van der Waals surface area contributed by atoms with Crippen LogP contribution in [-0.4, -0.2) is 35.3 Å². The third-order valence-corrected chi connectivity index (χ3v) is 3.81. The summed E-state index contributed by atoms with van der Waals surface area (Å²) in [5.41, 5.74) is 2.87. The summed E-state index contributed by atoms with van der Waals surface area (Å²) in [4.78, 5) is 0. The lowest BCUT2D eigenvalue weighted by molar-refractivity contribution is -0.365. The van der Waals surface area contributed by atoms with Gasteiger partial charge in [-0.05, 0) is 24.3 Å². The van der Waals surface area contributed by atoms with Crippen molar-refractivity contribution in [1.82, 2.24) is 5.43 Å². The number of benzene rings is 2. The van der Waals surface area contributed by atoms with Crippen LogP contribution in [0.2, 0.25) is 0 Å². The summed E-state index contributed by atoms with van der Waals surface area (Å²) in [6.45, 7) is -0.511. The number of anilines is 2. The summed E-state index contributed by atoms with van der Waals surface area (Å²) in [5.74, 6) is 0. The van der Waals surface area contributed by atoms with Gasteiger partial charge in [-0.25, -0.2) is 5.43 Å². The van der Waals surface area contributed by atoms with Crippen LogP contribution in [0.4, 0.5) is 37.7 Å². The molecule has 0 saturated heterocycles. The molecule has 0 aliphatic heterocycles. The second-order valence-electron chi connectivity index (χ2n) is 6.03. The van der Waals surface area contributed by atoms with E-state index in [1.165, 1.54) is 12.1 Å². The molecule has 0 aliphatic carbocycles. The third-order valence-electron chi connectivity index (χ3n) is 3.81. The molecule has 158 valence electrons. The number of halogens is 6. The SMILES string of the molecule is OC(CC(CNNc1ccccc1)=NNc1ccccc1)(C(F)(F)F)C(F)(F)F. The van der Waals surface area contributed by atoms with Crippen molar-refractivity contribution in [3.05, 3.63) is 60.7 Å². The summed E-state index contributed by atoms with van der Waals surface area (Å²) in [7, 11) is 0. The Kier molecular flexibility index (Phi) is 7.09. The average Bonchev–Trinajstić information content (AvgIpc) is 2.65. The highest BCUT2D eigenvalue weighted by Crippen LogP contribution is 2.45. The van der Waals surface area contributed by atoms with E-state index in [-0.39, 0.29) is 0 Å². The molecule has 0 unspecified atom stereocenters. The van der Waals surface area contributed by atoms with E-state index in [0.29, 0.717) is 11.4 Å². The zero-order valence-electron chi connectivity index (χ0n) is 14.8. The Morgan fingerprint density at radius 2 is 1.28 bits per heavy atom. The van der Waals surface area contributed by atoms with Crippen molar-refractivity contribution in [3.63, 3.8) is 0 Å². The van der Waals surface area contributed by atoms with E-state index < -0.39 is 36.6 Å². The number of hydrogen-bond acceptors (Lipinski definition) is 5. The van der Waals surface area contributed by atoms with Gasteiger partial charge in [0.25, 0.3) is 5.60 Å². The number of hydrazine groups is 1. The minimum Gasteiger partial charge on any atom is -0.373 e. The molecule has 2 rings (SSSR count). The highest BCUT2D eigenvalue weighted by atomic mass is 19.4. The van der Waals surface area contributed by atoms with Crippen LogP contribution in [0.5, 0.6) is 0 Å². The highest BCUT2D eigenvalue weighted by Gasteiger charge is 2.70. The summed E-state index contributed by atoms with van der Waals surface area (Å²) in [5, 5.41) is 13.1. The first-order chi connectivity index (χ1) is 13.5. The molecule has 0 aromatic heterocycles. The normalized spacial score (nSPS) is 13.3. The Labute approximate surface area is 162 Å². The zero-order valence-corrected chi connectivity index (χ0v) is 14.8. The van der Waals surface area contributed by atoms with Gasteiger partial charge in [-0.2, -0.15) is 31.4 Å². The maximum Gasteiger partial charge on any atom is 0.426 e. The van der Waals surface area contributed by atoms with Crippen molar-refractivity contribution in [3.8, 4) is 0 Å². The monoisotopic (exact) mass is 420 g/mol. The smallest absolute Gasteiger partial charge is 0.373 e. The Balaban J connectivity index is 2.20. The molecule has 29 heavy (non-hydrogen) atoms. The second kappa shape index (κ2) is 9.14. The molecule has 0 aliphatic rings. The Morgan fingerprint density at radius 3 is 1.76 bits per heavy atom. The molecule has 0 heterocycles. The van der Waals surface area contributed by atoms with Crippen LogP contribution < -0.4 is 16.3 Å². The molecule has 4 N–H and O–H groups in total. The largest absolute Gasteiger partial charge is 0.426 e. The molecule has 0 saturated carbocycles. The predicted octanol–water partition coefficient (Wildman–Crippen LogP) is 4.32. The molecular formula is C18H18F6N4O. The minimum atomic E-state index is -5.94. The quantitative estimate of drug-likeness (QED) is 0.292. The van der Waals surface area contributed by atoms with E-state index in [2.05, 4.69) is 21.4 Å². The van der Waals surface area contributed by atoms with Crippen LogP contribution in [0, 0.1) is 0 Å². The van der Waals surface area contributed by atoms with E-state index >= 15 is 0 Å². The lowest BCUT2D eigenvalue weighted by atomic mass is 9.95. The van der Waals surface area contributed by atoms with Crippen LogP contribution in [0.3, 0.4) is 0 Å². The van der Waals surface area contributed by atoms with Gasteiger partial charge in [-0.1, -0.05) is 36.4 Å². The predicted molar refractivity (Wildman–Crippen MR) is 97.2 cm³/mol. The molecule has 0 atom stereocenters. The molecule has 0 spiro atoms. The van der Waals surface area contributed by atoms with Gasteiger partial charge < -0.3 is 10.5 Å². The number of aliphatic hydroxyl groups is 1. The zero-order chi connectivity index (χ0) is 21.5. The molecular weight excluding hydrogens is 402 g/mol. The van der Waals surface area contributed by atoms with Crippen molar-refractivity contribution in [2.24, 2.45) is 5.10 Å². The molecule has 2 aromatic carbocycles. The Morgan fingerprint density at radius 1 is 0.793 bits per heavy atom. The number of hydrazone groups is 1. The molecule has 0 amide bonds. The van der Waals surface area contributed by atoms with Gasteiger partial charge in [0.15, 0.2) is 0 Å². The number of para-hydroxylation sites is 2. The molecule has 2 aromatic rings. The number of alkyl halides is 6. The van der Waals surface area contributed by atoms with Gasteiger partial charge in [-0.3, -0.25) is 5.43 Å². The van der Waals surface area contributed by atoms with Gasteiger partial charge in [0.1, 0.15) is 0 Å². The minimum absolute atomic E-state index is 0.351. The molecule has 0 radical (unpaired) electrons. The number of hydrogen-bond donors (Lipinski definition) is 4. The first-order valence-electron chi connectivity index (χ1n) is 8.29. The fraction of sp³-hybridized carbons (Fsp3) is 0.278. The van der Waals surface area contributed by atoms with Gasteiger partial charge in [0.05, 0.1) is 17.9 Å². The van der Waals surface area contributed by atoms with E-state index in [1.807, 2.05) is 0 Å². The highest BCUT2D eigenvalue weighted by molar-refractivity contribution is 5.88. The first kappa shape index (κ1) is 22.5. The fourth-order valence-corrected chi connectivity index (χ4v) is 2.22. The van der Waals surface area contributed by atoms with E-state index in [1.54, 1.807) is 48.5 Å². The van der Waals surface area contributed by atoms with Gasteiger partial charge >= 0.3 is 12.4 Å². The van der Waals surface area contributed by atoms with Crippen molar-refractivity contribution >= 4 is 17.1 Å². The van der Waals surface area contributed by atoms with Crippen molar-refractivity contribution in [2.45, 2.75) is 24.4 Å². The number of nitrogens with zero attached hydrogens (tertiary/aromatic N) is 1. The molecule has 5 nitrogen and oxygen atoms in total. The summed E-state index contributed by atoms with van der Waals surface area (Å²) in [6.07, 6.45) is -13.7. The number of nitrogens with one attached hydrogen (secondary N) is 3. The topological polar surface area (TPSA) is 68.7 Å². The van der Waals surface area contributed by atoms with E-state index in [0.717, 1.165) is 0 Å². The summed E-state index contributed by atoms with van der Waals surface area (Å²) >= 11 is 0. The molecule has 11 heteroatoms.